The first-order chi connectivity index (χ1) is 31.6. The van der Waals surface area contributed by atoms with Gasteiger partial charge in [0.2, 0.25) is 22.7 Å². The van der Waals surface area contributed by atoms with Gasteiger partial charge >= 0.3 is 5.97 Å². The Bertz CT molecular complexity index is 2940. The summed E-state index contributed by atoms with van der Waals surface area (Å²) in [6, 6.07) is 11.2. The number of esters is 1. The predicted molar refractivity (Wildman–Crippen MR) is 240 cm³/mol. The summed E-state index contributed by atoms with van der Waals surface area (Å²) in [6.45, 7) is 8.90. The molecule has 0 N–H and O–H groups in total. The van der Waals surface area contributed by atoms with E-state index in [0.29, 0.717) is 59.8 Å². The van der Waals surface area contributed by atoms with E-state index in [1.807, 2.05) is 48.4 Å². The van der Waals surface area contributed by atoms with Gasteiger partial charge in [-0.25, -0.2) is 38.6 Å². The topological polar surface area (TPSA) is 227 Å². The van der Waals surface area contributed by atoms with Gasteiger partial charge in [0, 0.05) is 72.5 Å². The van der Waals surface area contributed by atoms with Gasteiger partial charge in [0.25, 0.3) is 0 Å². The molecule has 22 heteroatoms. The Hall–Kier alpha value is -4.97. The normalized spacial score (nSPS) is 16.8. The number of nitrogens with zero attached hydrogens (tertiary/aromatic N) is 2. The number of fused-ring (bicyclic) bond motifs is 2. The van der Waals surface area contributed by atoms with Gasteiger partial charge in [0.05, 0.1) is 31.2 Å². The van der Waals surface area contributed by atoms with E-state index in [0.717, 1.165) is 17.2 Å². The molecular formula is C46H52F4N2O13S3-2. The summed E-state index contributed by atoms with van der Waals surface area (Å²) in [5, 5.41) is 0.682. The van der Waals surface area contributed by atoms with Crippen molar-refractivity contribution in [3.8, 4) is 17.1 Å². The maximum absolute atomic E-state index is 14.1. The number of anilines is 1. The molecule has 372 valence electrons. The fourth-order valence-electron chi connectivity index (χ4n) is 8.15. The summed E-state index contributed by atoms with van der Waals surface area (Å²) >= 11 is 0. The largest absolute Gasteiger partial charge is 0.748 e. The molecule has 0 amide bonds. The Morgan fingerprint density at radius 2 is 1.50 bits per heavy atom. The van der Waals surface area contributed by atoms with Crippen molar-refractivity contribution in [1.29, 1.82) is 0 Å². The molecule has 5 rings (SSSR count). The number of ether oxygens (including phenoxy) is 2. The third-order valence-corrected chi connectivity index (χ3v) is 13.9. The molecule has 0 aromatic heterocycles. The van der Waals surface area contributed by atoms with E-state index in [4.69, 9.17) is 9.15 Å². The molecule has 0 saturated carbocycles. The minimum Gasteiger partial charge on any atom is -0.748 e. The minimum absolute atomic E-state index is 0.0112. The number of hydrogen-bond acceptors (Lipinski definition) is 14. The highest BCUT2D eigenvalue weighted by atomic mass is 32.2. The van der Waals surface area contributed by atoms with Crippen molar-refractivity contribution in [2.45, 2.75) is 88.4 Å². The number of methoxy groups -OCH3 is 1. The van der Waals surface area contributed by atoms with Crippen LogP contribution >= 0.6 is 0 Å². The number of rotatable bonds is 21. The average molecular weight is 1010 g/mol. The standard InChI is InChI=1S/C46H54F4N2O13S3/c1-45(2,3)34-27-31(64-39-26-30(15-17-33(34)39)51(22-23-63-5)20-11-25-67(57,58)59)12-9-13-40-46(4,19-10-24-66(54,55)56)35-28-32(68(60,61)62)16-18-38(35)52(40)21-8-6-7-14-41(53)65-44-42(49)36(47)29-37(48)43(44)50/h9,12-13,15-18,26-29H,6-8,10-11,14,19-25H2,1-5H3,(H2-,54,55,56,57,58,59,60,61,62)/p-2. The molecule has 0 bridgehead atoms. The van der Waals surface area contributed by atoms with Crippen molar-refractivity contribution in [1.82, 2.24) is 4.58 Å². The van der Waals surface area contributed by atoms with Gasteiger partial charge in [0.15, 0.2) is 18.2 Å². The third-order valence-electron chi connectivity index (χ3n) is 11.5. The number of unbranched alkanes of at least 4 members (excludes halogenated alkanes) is 2. The maximum atomic E-state index is 14.1. The first-order valence-electron chi connectivity index (χ1n) is 21.5. The second-order valence-electron chi connectivity index (χ2n) is 17.6. The van der Waals surface area contributed by atoms with Crippen LogP contribution in [-0.2, 0) is 50.7 Å². The van der Waals surface area contributed by atoms with E-state index in [1.165, 1.54) is 19.2 Å². The van der Waals surface area contributed by atoms with E-state index in [-0.39, 0.29) is 44.8 Å². The molecule has 1 unspecified atom stereocenters. The molecule has 0 radical (unpaired) electrons. The van der Waals surface area contributed by atoms with Crippen LogP contribution in [0.4, 0.5) is 23.2 Å². The Labute approximate surface area is 393 Å². The Morgan fingerprint density at radius 3 is 2.12 bits per heavy atom. The van der Waals surface area contributed by atoms with E-state index >= 15 is 0 Å². The van der Waals surface area contributed by atoms with E-state index in [1.54, 1.807) is 31.2 Å². The van der Waals surface area contributed by atoms with Crippen LogP contribution in [0.3, 0.4) is 0 Å². The van der Waals surface area contributed by atoms with Crippen molar-refractivity contribution in [2.75, 3.05) is 49.8 Å². The van der Waals surface area contributed by atoms with E-state index in [2.05, 4.69) is 4.74 Å². The second-order valence-corrected chi connectivity index (χ2v) is 22.0. The molecule has 2 aliphatic heterocycles. The molecule has 1 atom stereocenters. The van der Waals surface area contributed by atoms with Crippen LogP contribution in [-0.4, -0.2) is 89.7 Å². The fraction of sp³-hybridized carbons (Fsp3) is 0.435. The highest BCUT2D eigenvalue weighted by Gasteiger charge is 2.43. The van der Waals surface area contributed by atoms with Crippen LogP contribution in [0.1, 0.15) is 89.5 Å². The zero-order valence-electron chi connectivity index (χ0n) is 38.0. The molecular weight excluding hydrogens is 961 g/mol. The van der Waals surface area contributed by atoms with Gasteiger partial charge in [0.1, 0.15) is 34.8 Å². The van der Waals surface area contributed by atoms with Gasteiger partial charge in [-0.3, -0.25) is 4.79 Å². The van der Waals surface area contributed by atoms with Crippen molar-refractivity contribution in [3.05, 3.63) is 112 Å². The first kappa shape index (κ1) is 54.0. The van der Waals surface area contributed by atoms with Crippen LogP contribution in [0.25, 0.3) is 17.4 Å². The van der Waals surface area contributed by atoms with E-state index < -0.39 is 99.0 Å². The molecule has 2 aromatic carbocycles. The number of halogens is 4. The molecule has 3 aliphatic rings. The monoisotopic (exact) mass is 1010 g/mol. The fourth-order valence-corrected chi connectivity index (χ4v) is 9.62. The second kappa shape index (κ2) is 21.8. The van der Waals surface area contributed by atoms with Crippen molar-refractivity contribution >= 4 is 48.1 Å². The molecule has 2 heterocycles. The summed E-state index contributed by atoms with van der Waals surface area (Å²) in [7, 11) is -12.5. The summed E-state index contributed by atoms with van der Waals surface area (Å²) in [4.78, 5) is 13.8. The number of hydrogen-bond donors (Lipinski definition) is 0. The van der Waals surface area contributed by atoms with Crippen molar-refractivity contribution in [2.24, 2.45) is 0 Å². The van der Waals surface area contributed by atoms with Crippen molar-refractivity contribution in [3.63, 3.8) is 0 Å². The Morgan fingerprint density at radius 1 is 0.838 bits per heavy atom. The molecule has 15 nitrogen and oxygen atoms in total. The summed E-state index contributed by atoms with van der Waals surface area (Å²) in [5.74, 6) is -10.3. The molecule has 1 aliphatic carbocycles. The summed E-state index contributed by atoms with van der Waals surface area (Å²) < 4.78 is 180. The van der Waals surface area contributed by atoms with Crippen LogP contribution in [0, 0.1) is 23.3 Å². The van der Waals surface area contributed by atoms with Gasteiger partial charge in [-0.2, -0.15) is 8.78 Å². The average Bonchev–Trinajstić information content (AvgIpc) is 3.46. The number of carbonyl (C=O) groups excluding carboxylic acids is 1. The molecule has 2 aromatic rings. The maximum Gasteiger partial charge on any atom is 0.311 e. The smallest absolute Gasteiger partial charge is 0.311 e. The molecule has 0 fully saturated rings. The quantitative estimate of drug-likeness (QED) is 0.0162. The van der Waals surface area contributed by atoms with Gasteiger partial charge in [-0.05, 0) is 91.6 Å². The van der Waals surface area contributed by atoms with Gasteiger partial charge in [-0.15, -0.1) is 0 Å². The molecule has 0 saturated heterocycles. The number of benzene rings is 3. The predicted octanol–water partition coefficient (Wildman–Crippen LogP) is 6.66. The zero-order valence-corrected chi connectivity index (χ0v) is 40.4. The molecule has 68 heavy (non-hydrogen) atoms. The van der Waals surface area contributed by atoms with Crippen LogP contribution in [0.2, 0.25) is 0 Å². The van der Waals surface area contributed by atoms with Crippen LogP contribution < -0.4 is 19.6 Å². The van der Waals surface area contributed by atoms with Crippen LogP contribution in [0.5, 0.6) is 5.75 Å². The lowest BCUT2D eigenvalue weighted by Gasteiger charge is -2.31. The minimum atomic E-state index is -4.97. The highest BCUT2D eigenvalue weighted by molar-refractivity contribution is 7.86. The van der Waals surface area contributed by atoms with E-state index in [9.17, 15) is 61.3 Å². The lowest BCUT2D eigenvalue weighted by molar-refractivity contribution is -0.135. The zero-order chi connectivity index (χ0) is 50.4. The van der Waals surface area contributed by atoms with Crippen LogP contribution in [0.15, 0.2) is 75.7 Å². The molecule has 0 spiro atoms. The number of carbonyl (C=O) groups is 1. The van der Waals surface area contributed by atoms with Crippen molar-refractivity contribution < 1.29 is 75.2 Å². The summed E-state index contributed by atoms with van der Waals surface area (Å²) in [5.41, 5.74) is 1.45. The Balaban J connectivity index is 1.54. The first-order valence-corrected chi connectivity index (χ1v) is 26.0. The highest BCUT2D eigenvalue weighted by Crippen LogP contribution is 2.51. The lowest BCUT2D eigenvalue weighted by atomic mass is 9.77. The summed E-state index contributed by atoms with van der Waals surface area (Å²) in [6.07, 6.45) is 5.31. The SMILES string of the molecule is COCC[N+](CCCS(=O)(=O)[O-])=c1ccc2c(C(C)(C)C)cc(/C=C/C=C3/N(CCCCCC(=O)Oc4c(F)c(F)cc(F)c4F)c4ccc(S(=O)(=O)[O-])cc4C3(C)CCCS(=O)(=O)[O-])oc-2c1. The lowest BCUT2D eigenvalue weighted by Crippen LogP contribution is -2.34. The third kappa shape index (κ3) is 13.8. The van der Waals surface area contributed by atoms with Gasteiger partial charge < -0.3 is 32.4 Å². The van der Waals surface area contributed by atoms with Gasteiger partial charge in [-0.1, -0.05) is 33.3 Å². The Kier molecular flexibility index (Phi) is 17.3. The number of allylic oxidation sites excluding steroid dienone is 3.